The minimum absolute atomic E-state index is 0.140. The van der Waals surface area contributed by atoms with Crippen molar-refractivity contribution < 1.29 is 32.0 Å². The molecule has 0 amide bonds. The number of carboxylic acids is 1. The summed E-state index contributed by atoms with van der Waals surface area (Å²) in [7, 11) is 0. The van der Waals surface area contributed by atoms with Crippen LogP contribution < -0.4 is 4.74 Å². The molecule has 0 radical (unpaired) electrons. The van der Waals surface area contributed by atoms with E-state index in [0.717, 1.165) is 6.08 Å². The molecule has 0 aromatic heterocycles. The summed E-state index contributed by atoms with van der Waals surface area (Å²) >= 11 is 3.14. The zero-order valence-corrected chi connectivity index (χ0v) is 10.0. The van der Waals surface area contributed by atoms with E-state index in [4.69, 9.17) is 9.84 Å². The van der Waals surface area contributed by atoms with Crippen LogP contribution in [-0.4, -0.2) is 23.0 Å². The molecule has 1 N–H and O–H groups in total. The fourth-order valence-corrected chi connectivity index (χ4v) is 1.92. The van der Waals surface area contributed by atoms with Crippen molar-refractivity contribution in [3.05, 3.63) is 35.4 Å². The van der Waals surface area contributed by atoms with Crippen LogP contribution in [0, 0.1) is 0 Å². The molecule has 1 unspecified atom stereocenters. The van der Waals surface area contributed by atoms with E-state index in [1.54, 1.807) is 6.07 Å². The molecule has 0 saturated carbocycles. The number of hydrogen-bond donors (Lipinski definition) is 2. The van der Waals surface area contributed by atoms with E-state index in [9.17, 15) is 18.0 Å². The van der Waals surface area contributed by atoms with Crippen LogP contribution in [0.3, 0.4) is 0 Å². The molecule has 1 aliphatic rings. The number of alkyl halides is 3. The number of hydrogen-bond acceptors (Lipinski definition) is 4. The van der Waals surface area contributed by atoms with Gasteiger partial charge in [-0.15, -0.1) is 0 Å². The molecule has 19 heavy (non-hydrogen) atoms. The third-order valence-corrected chi connectivity index (χ3v) is 2.82. The van der Waals surface area contributed by atoms with Gasteiger partial charge >= 0.3 is 17.9 Å². The highest BCUT2D eigenvalue weighted by Crippen LogP contribution is 2.46. The summed E-state index contributed by atoms with van der Waals surface area (Å²) in [6, 6.07) is 5.70. The molecule has 102 valence electrons. The maximum Gasteiger partial charge on any atom is 0.461 e. The van der Waals surface area contributed by atoms with E-state index in [2.05, 4.69) is 17.1 Å². The van der Waals surface area contributed by atoms with Crippen molar-refractivity contribution in [1.29, 1.82) is 0 Å². The monoisotopic (exact) mass is 292 g/mol. The summed E-state index contributed by atoms with van der Waals surface area (Å²) in [5.74, 6) is -5.38. The first-order valence-electron chi connectivity index (χ1n) is 4.94. The fraction of sp³-hybridized carbons (Fsp3) is 0.182. The van der Waals surface area contributed by atoms with Crippen molar-refractivity contribution in [2.45, 2.75) is 12.0 Å². The van der Waals surface area contributed by atoms with Gasteiger partial charge in [0.2, 0.25) is 0 Å². The first kappa shape index (κ1) is 13.8. The summed E-state index contributed by atoms with van der Waals surface area (Å²) in [6.45, 7) is 0. The van der Waals surface area contributed by atoms with Crippen molar-refractivity contribution in [2.24, 2.45) is 0 Å². The van der Waals surface area contributed by atoms with E-state index < -0.39 is 23.5 Å². The minimum Gasteiger partial charge on any atom is -0.478 e. The zero-order valence-electron chi connectivity index (χ0n) is 9.14. The second-order valence-corrected chi connectivity index (χ2v) is 3.89. The number of rotatable bonds is 2. The van der Waals surface area contributed by atoms with Crippen molar-refractivity contribution >= 4 is 25.0 Å². The average Bonchev–Trinajstić information content (AvgIpc) is 2.35. The molecule has 1 aromatic carbocycles. The number of carbonyl (C=O) groups is 1. The third kappa shape index (κ3) is 2.06. The van der Waals surface area contributed by atoms with Crippen molar-refractivity contribution in [1.82, 2.24) is 0 Å². The largest absolute Gasteiger partial charge is 0.478 e. The van der Waals surface area contributed by atoms with Gasteiger partial charge in [0.25, 0.3) is 0 Å². The van der Waals surface area contributed by atoms with E-state index in [-0.39, 0.29) is 11.3 Å². The Morgan fingerprint density at radius 3 is 2.53 bits per heavy atom. The summed E-state index contributed by atoms with van der Waals surface area (Å²) in [5, 5.41) is 8.93. The summed E-state index contributed by atoms with van der Waals surface area (Å²) in [6.07, 6.45) is -4.25. The van der Waals surface area contributed by atoms with Crippen LogP contribution in [0.4, 0.5) is 13.2 Å². The van der Waals surface area contributed by atoms with Crippen LogP contribution in [0.5, 0.6) is 5.75 Å². The van der Waals surface area contributed by atoms with Crippen molar-refractivity contribution in [3.8, 4) is 5.75 Å². The fourth-order valence-electron chi connectivity index (χ4n) is 1.69. The number of benzene rings is 1. The number of aliphatic carboxylic acids is 1. The highest BCUT2D eigenvalue weighted by Gasteiger charge is 2.65. The van der Waals surface area contributed by atoms with Crippen molar-refractivity contribution in [3.63, 3.8) is 0 Å². The molecular weight excluding hydrogens is 285 g/mol. The molecule has 1 heterocycles. The van der Waals surface area contributed by atoms with Gasteiger partial charge in [-0.25, -0.2) is 4.79 Å². The molecular formula is C11H7F3O4S. The Kier molecular flexibility index (Phi) is 3.23. The lowest BCUT2D eigenvalue weighted by atomic mass is 9.98. The van der Waals surface area contributed by atoms with Gasteiger partial charge in [0.15, 0.2) is 0 Å². The molecule has 0 saturated heterocycles. The van der Waals surface area contributed by atoms with E-state index in [1.165, 1.54) is 18.2 Å². The molecule has 2 rings (SSSR count). The molecule has 1 atom stereocenters. The molecule has 1 aliphatic heterocycles. The van der Waals surface area contributed by atoms with Gasteiger partial charge in [-0.3, -0.25) is 4.18 Å². The van der Waals surface area contributed by atoms with Gasteiger partial charge in [0.1, 0.15) is 11.3 Å². The Labute approximate surface area is 111 Å². The quantitative estimate of drug-likeness (QED) is 0.650. The highest BCUT2D eigenvalue weighted by atomic mass is 32.1. The zero-order chi connectivity index (χ0) is 14.3. The topological polar surface area (TPSA) is 55.8 Å². The van der Waals surface area contributed by atoms with Crippen LogP contribution in [-0.2, 0) is 8.98 Å². The van der Waals surface area contributed by atoms with Crippen LogP contribution in [0.2, 0.25) is 0 Å². The molecule has 0 spiro atoms. The third-order valence-electron chi connectivity index (χ3n) is 2.56. The Balaban J connectivity index is 2.67. The number of fused-ring (bicyclic) bond motifs is 1. The smallest absolute Gasteiger partial charge is 0.461 e. The maximum absolute atomic E-state index is 13.1. The van der Waals surface area contributed by atoms with Crippen LogP contribution >= 0.6 is 12.9 Å². The normalized spacial score (nSPS) is 22.2. The van der Waals surface area contributed by atoms with Gasteiger partial charge in [-0.05, 0) is 25.1 Å². The number of ether oxygens (including phenoxy) is 1. The molecule has 1 aromatic rings. The van der Waals surface area contributed by atoms with E-state index in [0.29, 0.717) is 0 Å². The molecule has 4 nitrogen and oxygen atoms in total. The lowest BCUT2D eigenvalue weighted by molar-refractivity contribution is -0.299. The van der Waals surface area contributed by atoms with Gasteiger partial charge in [0.05, 0.1) is 0 Å². The Bertz CT molecular complexity index is 555. The summed E-state index contributed by atoms with van der Waals surface area (Å²) < 4.78 is 48.1. The number of halogens is 3. The Morgan fingerprint density at radius 2 is 2.00 bits per heavy atom. The molecule has 8 heteroatoms. The predicted molar refractivity (Wildman–Crippen MR) is 61.5 cm³/mol. The first-order valence-corrected chi connectivity index (χ1v) is 5.31. The molecule has 0 aliphatic carbocycles. The second-order valence-electron chi connectivity index (χ2n) is 3.71. The Morgan fingerprint density at radius 1 is 1.37 bits per heavy atom. The van der Waals surface area contributed by atoms with Gasteiger partial charge in [0, 0.05) is 5.56 Å². The number of para-hydroxylation sites is 1. The van der Waals surface area contributed by atoms with E-state index >= 15 is 0 Å². The standard InChI is InChI=1S/C11H7F3O4S/c12-11(13,14)10(18-19)7(9(15)16)5-6-3-1-2-4-8(6)17-10/h1-5,19H,(H,15,16). The van der Waals surface area contributed by atoms with Gasteiger partial charge in [-0.2, -0.15) is 13.2 Å². The van der Waals surface area contributed by atoms with Crippen LogP contribution in [0.25, 0.3) is 6.08 Å². The van der Waals surface area contributed by atoms with Gasteiger partial charge in [-0.1, -0.05) is 18.2 Å². The van der Waals surface area contributed by atoms with E-state index in [1.807, 2.05) is 0 Å². The average molecular weight is 292 g/mol. The van der Waals surface area contributed by atoms with Crippen LogP contribution in [0.15, 0.2) is 29.8 Å². The van der Waals surface area contributed by atoms with Gasteiger partial charge < -0.3 is 9.84 Å². The maximum atomic E-state index is 13.1. The number of carboxylic acid groups (broad SMARTS) is 1. The lowest BCUT2D eigenvalue weighted by Crippen LogP contribution is -2.55. The summed E-state index contributed by atoms with van der Waals surface area (Å²) in [4.78, 5) is 11.0. The summed E-state index contributed by atoms with van der Waals surface area (Å²) in [5.41, 5.74) is -0.876. The second kappa shape index (κ2) is 4.46. The SMILES string of the molecule is O=C(O)C1=Cc2ccccc2OC1(OS)C(F)(F)F. The molecule has 0 fully saturated rings. The first-order chi connectivity index (χ1) is 8.82. The lowest BCUT2D eigenvalue weighted by Gasteiger charge is -2.36. The van der Waals surface area contributed by atoms with Crippen LogP contribution in [0.1, 0.15) is 5.56 Å². The highest BCUT2D eigenvalue weighted by molar-refractivity contribution is 7.75. The minimum atomic E-state index is -5.10. The molecule has 0 bridgehead atoms. The predicted octanol–water partition coefficient (Wildman–Crippen LogP) is 2.67. The Hall–Kier alpha value is -1.67. The number of thiol groups is 1. The van der Waals surface area contributed by atoms with Crippen molar-refractivity contribution in [2.75, 3.05) is 0 Å².